The second-order valence-electron chi connectivity index (χ2n) is 5.61. The van der Waals surface area contributed by atoms with Crippen molar-refractivity contribution < 1.29 is 4.42 Å². The maximum atomic E-state index is 5.79. The zero-order valence-corrected chi connectivity index (χ0v) is 11.4. The highest BCUT2D eigenvalue weighted by Crippen LogP contribution is 2.27. The van der Waals surface area contributed by atoms with Gasteiger partial charge in [-0.1, -0.05) is 19.3 Å². The van der Waals surface area contributed by atoms with Gasteiger partial charge in [0.05, 0.1) is 0 Å². The maximum absolute atomic E-state index is 5.79. The number of oxazole rings is 1. The van der Waals surface area contributed by atoms with E-state index in [9.17, 15) is 0 Å². The van der Waals surface area contributed by atoms with Crippen LogP contribution in [0, 0.1) is 5.92 Å². The van der Waals surface area contributed by atoms with Gasteiger partial charge in [0.25, 0.3) is 6.01 Å². The van der Waals surface area contributed by atoms with Gasteiger partial charge in [-0.25, -0.2) is 0 Å². The maximum Gasteiger partial charge on any atom is 0.298 e. The van der Waals surface area contributed by atoms with Crippen molar-refractivity contribution in [2.24, 2.45) is 5.92 Å². The highest BCUT2D eigenvalue weighted by Gasteiger charge is 2.18. The molecule has 0 unspecified atom stereocenters. The Hall–Kier alpha value is -1.71. The second kappa shape index (κ2) is 5.11. The standard InChI is InChI=1S/C15H21N3O/c1-18(10-11-5-3-2-4-6-11)15-17-13-8-7-12(16)9-14(13)19-15/h7-9,11H,2-6,10,16H2,1H3. The normalized spacial score (nSPS) is 16.9. The van der Waals surface area contributed by atoms with E-state index < -0.39 is 0 Å². The fourth-order valence-electron chi connectivity index (χ4n) is 2.93. The van der Waals surface area contributed by atoms with Gasteiger partial charge in [0.2, 0.25) is 0 Å². The molecule has 0 bridgehead atoms. The van der Waals surface area contributed by atoms with Gasteiger partial charge in [0, 0.05) is 25.3 Å². The van der Waals surface area contributed by atoms with E-state index in [1.165, 1.54) is 32.1 Å². The highest BCUT2D eigenvalue weighted by molar-refractivity contribution is 5.78. The summed E-state index contributed by atoms with van der Waals surface area (Å²) in [5.74, 6) is 0.777. The van der Waals surface area contributed by atoms with Crippen LogP contribution in [-0.4, -0.2) is 18.6 Å². The van der Waals surface area contributed by atoms with Gasteiger partial charge in [-0.3, -0.25) is 0 Å². The molecular formula is C15H21N3O. The molecule has 4 nitrogen and oxygen atoms in total. The van der Waals surface area contributed by atoms with Gasteiger partial charge in [-0.05, 0) is 30.9 Å². The number of rotatable bonds is 3. The minimum absolute atomic E-state index is 0.700. The predicted molar refractivity (Wildman–Crippen MR) is 78.3 cm³/mol. The molecule has 0 atom stereocenters. The lowest BCUT2D eigenvalue weighted by molar-refractivity contribution is 0.357. The van der Waals surface area contributed by atoms with Crippen LogP contribution in [0.1, 0.15) is 32.1 Å². The highest BCUT2D eigenvalue weighted by atomic mass is 16.4. The molecule has 1 aromatic heterocycles. The van der Waals surface area contributed by atoms with Crippen molar-refractivity contribution in [1.82, 2.24) is 4.98 Å². The number of nitrogens with two attached hydrogens (primary N) is 1. The van der Waals surface area contributed by atoms with Crippen LogP contribution in [0.4, 0.5) is 11.7 Å². The Balaban J connectivity index is 1.75. The summed E-state index contributed by atoms with van der Waals surface area (Å²) in [6.07, 6.45) is 6.78. The number of nitrogen functional groups attached to an aromatic ring is 1. The lowest BCUT2D eigenvalue weighted by Gasteiger charge is -2.25. The van der Waals surface area contributed by atoms with E-state index in [-0.39, 0.29) is 0 Å². The number of aromatic nitrogens is 1. The number of fused-ring (bicyclic) bond motifs is 1. The summed E-state index contributed by atoms with van der Waals surface area (Å²) < 4.78 is 5.79. The summed E-state index contributed by atoms with van der Waals surface area (Å²) in [6.45, 7) is 1.03. The SMILES string of the molecule is CN(CC1CCCCC1)c1nc2ccc(N)cc2o1. The van der Waals surface area contributed by atoms with E-state index in [0.29, 0.717) is 11.7 Å². The molecule has 0 radical (unpaired) electrons. The van der Waals surface area contributed by atoms with Crippen LogP contribution in [0.5, 0.6) is 0 Å². The van der Waals surface area contributed by atoms with E-state index in [1.54, 1.807) is 0 Å². The molecule has 1 saturated carbocycles. The minimum Gasteiger partial charge on any atom is -0.423 e. The van der Waals surface area contributed by atoms with Gasteiger partial charge in [-0.15, -0.1) is 0 Å². The Kier molecular flexibility index (Phi) is 3.32. The molecule has 0 spiro atoms. The molecule has 0 saturated heterocycles. The number of hydrogen-bond donors (Lipinski definition) is 1. The van der Waals surface area contributed by atoms with Crippen LogP contribution < -0.4 is 10.6 Å². The fourth-order valence-corrected chi connectivity index (χ4v) is 2.93. The van der Waals surface area contributed by atoms with Crippen molar-refractivity contribution in [3.05, 3.63) is 18.2 Å². The third-order valence-corrected chi connectivity index (χ3v) is 3.98. The first-order valence-corrected chi connectivity index (χ1v) is 7.09. The van der Waals surface area contributed by atoms with Gasteiger partial charge < -0.3 is 15.1 Å². The molecule has 1 aliphatic carbocycles. The van der Waals surface area contributed by atoms with Crippen molar-refractivity contribution in [3.8, 4) is 0 Å². The Morgan fingerprint density at radius 1 is 1.32 bits per heavy atom. The fraction of sp³-hybridized carbons (Fsp3) is 0.533. The van der Waals surface area contributed by atoms with Crippen molar-refractivity contribution in [1.29, 1.82) is 0 Å². The Bertz CT molecular complexity index is 558. The number of anilines is 2. The molecule has 0 aliphatic heterocycles. The topological polar surface area (TPSA) is 55.3 Å². The molecule has 19 heavy (non-hydrogen) atoms. The van der Waals surface area contributed by atoms with Crippen molar-refractivity contribution in [2.75, 3.05) is 24.2 Å². The van der Waals surface area contributed by atoms with E-state index in [4.69, 9.17) is 10.2 Å². The van der Waals surface area contributed by atoms with Crippen LogP contribution in [-0.2, 0) is 0 Å². The van der Waals surface area contributed by atoms with E-state index >= 15 is 0 Å². The summed E-state index contributed by atoms with van der Waals surface area (Å²) in [7, 11) is 2.06. The smallest absolute Gasteiger partial charge is 0.298 e. The molecule has 1 fully saturated rings. The minimum atomic E-state index is 0.700. The molecule has 2 aromatic rings. The monoisotopic (exact) mass is 259 g/mol. The third-order valence-electron chi connectivity index (χ3n) is 3.98. The van der Waals surface area contributed by atoms with Crippen LogP contribution >= 0.6 is 0 Å². The largest absolute Gasteiger partial charge is 0.423 e. The molecule has 3 rings (SSSR count). The summed E-state index contributed by atoms with van der Waals surface area (Å²) in [5, 5.41) is 0. The van der Waals surface area contributed by atoms with Crippen LogP contribution in [0.25, 0.3) is 11.1 Å². The molecule has 0 amide bonds. The third kappa shape index (κ3) is 2.67. The molecular weight excluding hydrogens is 238 g/mol. The molecule has 2 N–H and O–H groups in total. The summed E-state index contributed by atoms with van der Waals surface area (Å²) in [5.41, 5.74) is 8.11. The van der Waals surface area contributed by atoms with Crippen molar-refractivity contribution >= 4 is 22.8 Å². The Labute approximate surface area is 113 Å². The molecule has 1 aromatic carbocycles. The second-order valence-corrected chi connectivity index (χ2v) is 5.61. The Morgan fingerprint density at radius 2 is 2.11 bits per heavy atom. The number of hydrogen-bond acceptors (Lipinski definition) is 4. The quantitative estimate of drug-likeness (QED) is 0.858. The summed E-state index contributed by atoms with van der Waals surface area (Å²) in [4.78, 5) is 6.65. The van der Waals surface area contributed by atoms with Crippen molar-refractivity contribution in [2.45, 2.75) is 32.1 Å². The predicted octanol–water partition coefficient (Wildman–Crippen LogP) is 3.43. The average molecular weight is 259 g/mol. The molecule has 1 aliphatic rings. The van der Waals surface area contributed by atoms with E-state index in [0.717, 1.165) is 23.6 Å². The summed E-state index contributed by atoms with van der Waals surface area (Å²) >= 11 is 0. The van der Waals surface area contributed by atoms with Crippen LogP contribution in [0.2, 0.25) is 0 Å². The first-order chi connectivity index (χ1) is 9.22. The number of benzene rings is 1. The van der Waals surface area contributed by atoms with Crippen LogP contribution in [0.3, 0.4) is 0 Å². The lowest BCUT2D eigenvalue weighted by atomic mass is 9.89. The zero-order chi connectivity index (χ0) is 13.2. The van der Waals surface area contributed by atoms with Gasteiger partial charge in [0.1, 0.15) is 5.52 Å². The van der Waals surface area contributed by atoms with Gasteiger partial charge in [0.15, 0.2) is 5.58 Å². The molecule has 102 valence electrons. The first kappa shape index (κ1) is 12.3. The molecule has 1 heterocycles. The van der Waals surface area contributed by atoms with E-state index in [2.05, 4.69) is 16.9 Å². The van der Waals surface area contributed by atoms with Crippen molar-refractivity contribution in [3.63, 3.8) is 0 Å². The van der Waals surface area contributed by atoms with Gasteiger partial charge in [-0.2, -0.15) is 4.98 Å². The first-order valence-electron chi connectivity index (χ1n) is 7.09. The lowest BCUT2D eigenvalue weighted by Crippen LogP contribution is -2.26. The number of nitrogens with zero attached hydrogens (tertiary/aromatic N) is 2. The van der Waals surface area contributed by atoms with Gasteiger partial charge >= 0.3 is 0 Å². The average Bonchev–Trinajstić information content (AvgIpc) is 2.83. The summed E-state index contributed by atoms with van der Waals surface area (Å²) in [6, 6.07) is 6.30. The zero-order valence-electron chi connectivity index (χ0n) is 11.4. The Morgan fingerprint density at radius 3 is 2.89 bits per heavy atom. The van der Waals surface area contributed by atoms with E-state index in [1.807, 2.05) is 18.2 Å². The molecule has 4 heteroatoms. The van der Waals surface area contributed by atoms with Crippen LogP contribution in [0.15, 0.2) is 22.6 Å².